The predicted octanol–water partition coefficient (Wildman–Crippen LogP) is 2.48. The van der Waals surface area contributed by atoms with E-state index in [1.165, 1.54) is 12.6 Å². The fourth-order valence-electron chi connectivity index (χ4n) is 3.85. The summed E-state index contributed by atoms with van der Waals surface area (Å²) in [6, 6.07) is 0. The molecule has 1 aliphatic heterocycles. The molecule has 20 heavy (non-hydrogen) atoms. The zero-order chi connectivity index (χ0) is 14.2. The van der Waals surface area contributed by atoms with Gasteiger partial charge in [-0.05, 0) is 25.7 Å². The summed E-state index contributed by atoms with van der Waals surface area (Å²) < 4.78 is 5.66. The summed E-state index contributed by atoms with van der Waals surface area (Å²) in [5.74, 6) is -0.0478. The lowest BCUT2D eigenvalue weighted by Crippen LogP contribution is -2.49. The maximum atomic E-state index is 12.5. The molecule has 1 aromatic rings. The zero-order valence-corrected chi connectivity index (χ0v) is 12.4. The van der Waals surface area contributed by atoms with Gasteiger partial charge in [0.25, 0.3) is 5.91 Å². The maximum absolute atomic E-state index is 12.5. The summed E-state index contributed by atoms with van der Waals surface area (Å²) in [7, 11) is 1.78. The highest BCUT2D eigenvalue weighted by molar-refractivity contribution is 6.33. The van der Waals surface area contributed by atoms with E-state index in [9.17, 15) is 4.79 Å². The van der Waals surface area contributed by atoms with Crippen LogP contribution in [0.4, 0.5) is 0 Å². The number of ether oxygens (including phenoxy) is 1. The number of nitrogens with zero attached hydrogens (tertiary/aromatic N) is 2. The van der Waals surface area contributed by atoms with Crippen LogP contribution in [0.15, 0.2) is 6.20 Å². The Labute approximate surface area is 123 Å². The minimum atomic E-state index is -0.0478. The lowest BCUT2D eigenvalue weighted by molar-refractivity contribution is -0.0296. The molecule has 1 spiro atoms. The number of methoxy groups -OCH3 is 1. The number of halogens is 1. The maximum Gasteiger partial charge on any atom is 0.273 e. The number of aromatic amines is 1. The molecule has 110 valence electrons. The van der Waals surface area contributed by atoms with Crippen LogP contribution in [0.1, 0.15) is 42.6 Å². The number of piperidine rings is 1. The summed E-state index contributed by atoms with van der Waals surface area (Å²) in [4.78, 5) is 14.4. The molecule has 0 bridgehead atoms. The van der Waals surface area contributed by atoms with Crippen LogP contribution in [-0.4, -0.2) is 47.3 Å². The first kappa shape index (κ1) is 13.9. The second-order valence-electron chi connectivity index (χ2n) is 5.90. The third-order valence-electron chi connectivity index (χ3n) is 4.81. The molecule has 1 amide bonds. The molecule has 1 aromatic heterocycles. The van der Waals surface area contributed by atoms with E-state index >= 15 is 0 Å². The van der Waals surface area contributed by atoms with E-state index in [0.29, 0.717) is 10.7 Å². The number of carbonyl (C=O) groups excluding carboxylic acids is 1. The number of amides is 1. The lowest BCUT2D eigenvalue weighted by Gasteiger charge is -2.43. The fraction of sp³-hybridized carbons (Fsp3) is 0.714. The second kappa shape index (κ2) is 5.37. The molecule has 0 aromatic carbocycles. The number of aromatic nitrogens is 2. The summed E-state index contributed by atoms with van der Waals surface area (Å²) in [5, 5.41) is 6.92. The second-order valence-corrected chi connectivity index (χ2v) is 6.31. The van der Waals surface area contributed by atoms with Gasteiger partial charge in [0.1, 0.15) is 5.69 Å². The quantitative estimate of drug-likeness (QED) is 0.912. The predicted molar refractivity (Wildman–Crippen MR) is 75.8 cm³/mol. The van der Waals surface area contributed by atoms with Crippen molar-refractivity contribution in [2.75, 3.05) is 20.2 Å². The van der Waals surface area contributed by atoms with Gasteiger partial charge in [0.15, 0.2) is 0 Å². The van der Waals surface area contributed by atoms with E-state index < -0.39 is 0 Å². The monoisotopic (exact) mass is 297 g/mol. The first-order valence-electron chi connectivity index (χ1n) is 7.17. The number of rotatable bonds is 2. The Hall–Kier alpha value is -1.07. The van der Waals surface area contributed by atoms with Crippen LogP contribution in [0, 0.1) is 5.41 Å². The van der Waals surface area contributed by atoms with Crippen LogP contribution in [0.2, 0.25) is 5.02 Å². The van der Waals surface area contributed by atoms with Crippen molar-refractivity contribution < 1.29 is 9.53 Å². The molecule has 1 N–H and O–H groups in total. The van der Waals surface area contributed by atoms with Gasteiger partial charge >= 0.3 is 0 Å². The van der Waals surface area contributed by atoms with Gasteiger partial charge < -0.3 is 9.64 Å². The Morgan fingerprint density at radius 3 is 3.05 bits per heavy atom. The largest absolute Gasteiger partial charge is 0.381 e. The highest BCUT2D eigenvalue weighted by atomic mass is 35.5. The molecule has 3 rings (SSSR count). The minimum absolute atomic E-state index is 0.0478. The van der Waals surface area contributed by atoms with Crippen LogP contribution in [0.5, 0.6) is 0 Å². The molecular formula is C14H20ClN3O2. The molecule has 2 heterocycles. The third kappa shape index (κ3) is 2.23. The van der Waals surface area contributed by atoms with Crippen molar-refractivity contribution in [3.8, 4) is 0 Å². The molecule has 0 unspecified atom stereocenters. The van der Waals surface area contributed by atoms with E-state index in [4.69, 9.17) is 16.3 Å². The summed E-state index contributed by atoms with van der Waals surface area (Å²) in [5.41, 5.74) is 0.533. The average molecular weight is 298 g/mol. The highest BCUT2D eigenvalue weighted by Crippen LogP contribution is 2.46. The van der Waals surface area contributed by atoms with Gasteiger partial charge in [-0.15, -0.1) is 0 Å². The van der Waals surface area contributed by atoms with E-state index in [1.807, 2.05) is 4.90 Å². The van der Waals surface area contributed by atoms with Crippen molar-refractivity contribution in [2.45, 2.75) is 38.2 Å². The normalized spacial score (nSPS) is 30.1. The first-order valence-corrected chi connectivity index (χ1v) is 7.55. The molecule has 6 heteroatoms. The third-order valence-corrected chi connectivity index (χ3v) is 5.10. The smallest absolute Gasteiger partial charge is 0.273 e. The van der Waals surface area contributed by atoms with E-state index in [2.05, 4.69) is 10.2 Å². The van der Waals surface area contributed by atoms with Crippen LogP contribution >= 0.6 is 11.6 Å². The molecule has 0 radical (unpaired) electrons. The summed E-state index contributed by atoms with van der Waals surface area (Å²) in [6.07, 6.45) is 7.35. The number of hydrogen-bond acceptors (Lipinski definition) is 3. The molecule has 2 fully saturated rings. The van der Waals surface area contributed by atoms with Crippen LogP contribution in [0.25, 0.3) is 0 Å². The molecule has 2 atom stereocenters. The van der Waals surface area contributed by atoms with E-state index in [-0.39, 0.29) is 17.4 Å². The first-order chi connectivity index (χ1) is 9.66. The fourth-order valence-corrected chi connectivity index (χ4v) is 4.03. The Kier molecular flexibility index (Phi) is 3.73. The number of H-pyrrole nitrogens is 1. The summed E-state index contributed by atoms with van der Waals surface area (Å²) >= 11 is 6.00. The minimum Gasteiger partial charge on any atom is -0.381 e. The van der Waals surface area contributed by atoms with Crippen LogP contribution in [0.3, 0.4) is 0 Å². The Balaban J connectivity index is 1.79. The lowest BCUT2D eigenvalue weighted by atomic mass is 9.76. The topological polar surface area (TPSA) is 58.2 Å². The van der Waals surface area contributed by atoms with Crippen molar-refractivity contribution in [2.24, 2.45) is 5.41 Å². The Morgan fingerprint density at radius 2 is 2.35 bits per heavy atom. The van der Waals surface area contributed by atoms with Crippen LogP contribution in [-0.2, 0) is 4.74 Å². The van der Waals surface area contributed by atoms with E-state index in [1.54, 1.807) is 7.11 Å². The number of nitrogens with one attached hydrogen (secondary N) is 1. The number of likely N-dealkylation sites (tertiary alicyclic amines) is 1. The standard InChI is InChI=1S/C14H20ClN3O2/c1-20-11-4-2-5-14(11)6-3-7-18(9-14)13(19)12-10(15)8-16-17-12/h8,11H,2-7,9H2,1H3,(H,16,17)/t11-,14+/m1/s1. The molecule has 2 aliphatic rings. The van der Waals surface area contributed by atoms with Crippen molar-refractivity contribution in [1.82, 2.24) is 15.1 Å². The Morgan fingerprint density at radius 1 is 1.55 bits per heavy atom. The van der Waals surface area contributed by atoms with Gasteiger partial charge in [-0.2, -0.15) is 5.10 Å². The Bertz CT molecular complexity index is 504. The molecule has 1 saturated heterocycles. The summed E-state index contributed by atoms with van der Waals surface area (Å²) in [6.45, 7) is 1.55. The van der Waals surface area contributed by atoms with Gasteiger partial charge in [0, 0.05) is 25.6 Å². The van der Waals surface area contributed by atoms with Gasteiger partial charge in [-0.1, -0.05) is 18.0 Å². The number of carbonyl (C=O) groups is 1. The number of hydrogen-bond donors (Lipinski definition) is 1. The van der Waals surface area contributed by atoms with E-state index in [0.717, 1.165) is 38.8 Å². The van der Waals surface area contributed by atoms with Gasteiger partial charge in [0.05, 0.1) is 17.3 Å². The van der Waals surface area contributed by atoms with Gasteiger partial charge in [-0.3, -0.25) is 9.89 Å². The molecule has 1 saturated carbocycles. The molecule has 1 aliphatic carbocycles. The van der Waals surface area contributed by atoms with Crippen LogP contribution < -0.4 is 0 Å². The van der Waals surface area contributed by atoms with Crippen molar-refractivity contribution in [1.29, 1.82) is 0 Å². The van der Waals surface area contributed by atoms with Crippen molar-refractivity contribution in [3.05, 3.63) is 16.9 Å². The average Bonchev–Trinajstić information content (AvgIpc) is 3.04. The molecular weight excluding hydrogens is 278 g/mol. The van der Waals surface area contributed by atoms with Crippen molar-refractivity contribution in [3.63, 3.8) is 0 Å². The molecule has 5 nitrogen and oxygen atoms in total. The van der Waals surface area contributed by atoms with Crippen molar-refractivity contribution >= 4 is 17.5 Å². The van der Waals surface area contributed by atoms with Gasteiger partial charge in [-0.25, -0.2) is 0 Å². The zero-order valence-electron chi connectivity index (χ0n) is 11.7. The SMILES string of the molecule is CO[C@@H]1CCC[C@@]12CCCN(C(=O)c1[nH]ncc1Cl)C2. The highest BCUT2D eigenvalue weighted by Gasteiger charge is 2.46. The van der Waals surface area contributed by atoms with Gasteiger partial charge in [0.2, 0.25) is 0 Å².